The van der Waals surface area contributed by atoms with Crippen molar-refractivity contribution in [2.24, 2.45) is 0 Å². The van der Waals surface area contributed by atoms with Gasteiger partial charge in [-0.3, -0.25) is 10.0 Å². The van der Waals surface area contributed by atoms with Gasteiger partial charge in [0.1, 0.15) is 5.44 Å². The molecule has 242 valence electrons. The molecule has 1 saturated heterocycles. The zero-order valence-corrected chi connectivity index (χ0v) is 27.9. The van der Waals surface area contributed by atoms with E-state index in [1.54, 1.807) is 53.2 Å². The van der Waals surface area contributed by atoms with Crippen LogP contribution in [-0.2, 0) is 16.0 Å². The lowest BCUT2D eigenvalue weighted by atomic mass is 9.91. The Morgan fingerprint density at radius 2 is 1.62 bits per heavy atom. The number of amides is 1. The third kappa shape index (κ3) is 8.58. The molecular formula is C34H40ClNO8S. The number of hydrogen-bond donors (Lipinski definition) is 1. The van der Waals surface area contributed by atoms with Crippen molar-refractivity contribution in [1.29, 1.82) is 0 Å². The molecule has 3 aromatic carbocycles. The molecule has 0 aromatic heterocycles. The number of nitrogens with zero attached hydrogens (tertiary/aromatic N) is 1. The highest BCUT2D eigenvalue weighted by atomic mass is 35.5. The predicted octanol–water partition coefficient (Wildman–Crippen LogP) is 7.82. The SMILES string of the molecule is CCC(=O)N(O)C=CCc1cc(C2COC(c3cc(OC)c(OC)c(OC)c3)C2)cc(OC)c1OC(C)Sc1ccc(Cl)cc1. The van der Waals surface area contributed by atoms with Crippen molar-refractivity contribution in [2.45, 2.75) is 55.5 Å². The molecule has 9 nitrogen and oxygen atoms in total. The average molecular weight is 658 g/mol. The largest absolute Gasteiger partial charge is 0.493 e. The van der Waals surface area contributed by atoms with Crippen LogP contribution in [0.15, 0.2) is 65.7 Å². The van der Waals surface area contributed by atoms with Gasteiger partial charge in [0.25, 0.3) is 0 Å². The lowest BCUT2D eigenvalue weighted by molar-refractivity contribution is -0.153. The maximum atomic E-state index is 11.9. The number of rotatable bonds is 14. The molecule has 1 amide bonds. The van der Waals surface area contributed by atoms with Gasteiger partial charge in [-0.25, -0.2) is 0 Å². The van der Waals surface area contributed by atoms with E-state index in [4.69, 9.17) is 40.0 Å². The van der Waals surface area contributed by atoms with Crippen LogP contribution in [0.1, 0.15) is 55.4 Å². The summed E-state index contributed by atoms with van der Waals surface area (Å²) < 4.78 is 35.2. The maximum Gasteiger partial charge on any atom is 0.249 e. The highest BCUT2D eigenvalue weighted by molar-refractivity contribution is 7.99. The number of methoxy groups -OCH3 is 4. The first-order chi connectivity index (χ1) is 21.7. The van der Waals surface area contributed by atoms with Crippen LogP contribution in [0.25, 0.3) is 0 Å². The summed E-state index contributed by atoms with van der Waals surface area (Å²) in [6.45, 7) is 4.15. The van der Waals surface area contributed by atoms with Crippen LogP contribution in [0.5, 0.6) is 28.7 Å². The third-order valence-corrected chi connectivity index (χ3v) is 8.67. The fraction of sp³-hybridized carbons (Fsp3) is 0.382. The summed E-state index contributed by atoms with van der Waals surface area (Å²) in [7, 11) is 6.37. The fourth-order valence-corrected chi connectivity index (χ4v) is 6.10. The summed E-state index contributed by atoms with van der Waals surface area (Å²) >= 11 is 7.61. The van der Waals surface area contributed by atoms with Crippen LogP contribution < -0.4 is 23.7 Å². The number of hydrogen-bond acceptors (Lipinski definition) is 9. The van der Waals surface area contributed by atoms with E-state index in [0.29, 0.717) is 51.9 Å². The quantitative estimate of drug-likeness (QED) is 0.0805. The van der Waals surface area contributed by atoms with Gasteiger partial charge in [0.05, 0.1) is 41.2 Å². The van der Waals surface area contributed by atoms with Crippen molar-refractivity contribution < 1.29 is 38.4 Å². The summed E-state index contributed by atoms with van der Waals surface area (Å²) in [5, 5.41) is 11.3. The van der Waals surface area contributed by atoms with E-state index < -0.39 is 5.91 Å². The monoisotopic (exact) mass is 657 g/mol. The van der Waals surface area contributed by atoms with Crippen LogP contribution in [0.4, 0.5) is 0 Å². The lowest BCUT2D eigenvalue weighted by Crippen LogP contribution is -2.20. The molecule has 1 fully saturated rings. The number of thioether (sulfide) groups is 1. The van der Waals surface area contributed by atoms with Crippen LogP contribution in [0.2, 0.25) is 5.02 Å². The van der Waals surface area contributed by atoms with Gasteiger partial charge in [-0.15, -0.1) is 0 Å². The molecule has 4 rings (SSSR count). The average Bonchev–Trinajstić information content (AvgIpc) is 3.55. The molecule has 3 aromatic rings. The van der Waals surface area contributed by atoms with Crippen molar-refractivity contribution in [3.05, 3.63) is 82.5 Å². The van der Waals surface area contributed by atoms with Crippen LogP contribution in [0, 0.1) is 0 Å². The normalized spacial score (nSPS) is 16.8. The lowest BCUT2D eigenvalue weighted by Gasteiger charge is -2.22. The molecule has 0 spiro atoms. The number of hydroxylamine groups is 2. The summed E-state index contributed by atoms with van der Waals surface area (Å²) in [5.41, 5.74) is 2.54. The van der Waals surface area contributed by atoms with Crippen LogP contribution >= 0.6 is 23.4 Å². The van der Waals surface area contributed by atoms with Crippen molar-refractivity contribution >= 4 is 29.3 Å². The molecule has 1 aliphatic rings. The van der Waals surface area contributed by atoms with Gasteiger partial charge in [0.15, 0.2) is 23.0 Å². The maximum absolute atomic E-state index is 11.9. The van der Waals surface area contributed by atoms with E-state index >= 15 is 0 Å². The second-order valence-electron chi connectivity index (χ2n) is 10.4. The minimum atomic E-state index is -0.400. The first-order valence-electron chi connectivity index (χ1n) is 14.6. The Kier molecular flexibility index (Phi) is 12.3. The Labute approximate surface area is 273 Å². The van der Waals surface area contributed by atoms with Crippen LogP contribution in [-0.4, -0.2) is 56.7 Å². The standard InChI is InChI=1S/C34H40ClNO8S/c1-7-32(37)36(38)14-8-9-22-15-23(16-29(39-3)33(22)44-21(2)45-27-12-10-26(35)11-13-27)25-19-28(43-20-25)24-17-30(40-4)34(42-6)31(18-24)41-5/h8,10-18,21,25,28,38H,7,9,19-20H2,1-6H3. The van der Waals surface area contributed by atoms with Crippen molar-refractivity contribution in [2.75, 3.05) is 35.0 Å². The second-order valence-corrected chi connectivity index (χ2v) is 12.2. The van der Waals surface area contributed by atoms with Gasteiger partial charge in [-0.05, 0) is 73.4 Å². The summed E-state index contributed by atoms with van der Waals surface area (Å²) in [6, 6.07) is 15.5. The molecule has 3 unspecified atom stereocenters. The zero-order chi connectivity index (χ0) is 32.5. The Hall–Kier alpha value is -3.57. The molecule has 1 N–H and O–H groups in total. The van der Waals surface area contributed by atoms with Crippen molar-refractivity contribution in [1.82, 2.24) is 5.06 Å². The van der Waals surface area contributed by atoms with E-state index in [9.17, 15) is 10.0 Å². The molecule has 11 heteroatoms. The minimum absolute atomic E-state index is 0.0663. The van der Waals surface area contributed by atoms with Crippen LogP contribution in [0.3, 0.4) is 0 Å². The molecule has 1 heterocycles. The van der Waals surface area contributed by atoms with E-state index in [0.717, 1.165) is 28.0 Å². The first-order valence-corrected chi connectivity index (χ1v) is 15.9. The number of carbonyl (C=O) groups excluding carboxylic acids is 1. The summed E-state index contributed by atoms with van der Waals surface area (Å²) in [5.74, 6) is 2.51. The topological polar surface area (TPSA) is 95.9 Å². The Bertz CT molecular complexity index is 1460. The smallest absolute Gasteiger partial charge is 0.249 e. The zero-order valence-electron chi connectivity index (χ0n) is 26.4. The van der Waals surface area contributed by atoms with E-state index in [1.807, 2.05) is 49.4 Å². The fourth-order valence-electron chi connectivity index (χ4n) is 5.15. The van der Waals surface area contributed by atoms with Gasteiger partial charge in [-0.2, -0.15) is 5.06 Å². The predicted molar refractivity (Wildman–Crippen MR) is 174 cm³/mol. The Balaban J connectivity index is 1.63. The number of ether oxygens (including phenoxy) is 6. The summed E-state index contributed by atoms with van der Waals surface area (Å²) in [4.78, 5) is 12.9. The van der Waals surface area contributed by atoms with Gasteiger partial charge >= 0.3 is 0 Å². The highest BCUT2D eigenvalue weighted by Crippen LogP contribution is 2.46. The number of halogens is 1. The Morgan fingerprint density at radius 3 is 2.22 bits per heavy atom. The molecule has 45 heavy (non-hydrogen) atoms. The molecule has 3 atom stereocenters. The van der Waals surface area contributed by atoms with E-state index in [1.165, 1.54) is 6.20 Å². The Morgan fingerprint density at radius 1 is 1.00 bits per heavy atom. The van der Waals surface area contributed by atoms with Gasteiger partial charge in [-0.1, -0.05) is 42.4 Å². The molecule has 0 bridgehead atoms. The van der Waals surface area contributed by atoms with Crippen molar-refractivity contribution in [3.8, 4) is 28.7 Å². The minimum Gasteiger partial charge on any atom is -0.493 e. The molecule has 0 radical (unpaired) electrons. The molecule has 0 saturated carbocycles. The van der Waals surface area contributed by atoms with E-state index in [2.05, 4.69) is 6.07 Å². The summed E-state index contributed by atoms with van der Waals surface area (Å²) in [6.07, 6.45) is 4.19. The van der Waals surface area contributed by atoms with E-state index in [-0.39, 0.29) is 23.9 Å². The number of benzene rings is 3. The molecule has 0 aliphatic carbocycles. The van der Waals surface area contributed by atoms with Gasteiger partial charge in [0, 0.05) is 34.0 Å². The number of allylic oxidation sites excluding steroid dienone is 1. The van der Waals surface area contributed by atoms with Gasteiger partial charge in [0.2, 0.25) is 11.7 Å². The highest BCUT2D eigenvalue weighted by Gasteiger charge is 2.31. The first kappa shape index (κ1) is 34.3. The molecule has 1 aliphatic heterocycles. The number of carbonyl (C=O) groups is 1. The van der Waals surface area contributed by atoms with Crippen molar-refractivity contribution in [3.63, 3.8) is 0 Å². The molecular weight excluding hydrogens is 618 g/mol. The third-order valence-electron chi connectivity index (χ3n) is 7.44. The van der Waals surface area contributed by atoms with Gasteiger partial charge < -0.3 is 28.4 Å². The second kappa shape index (κ2) is 16.1.